The van der Waals surface area contributed by atoms with Gasteiger partial charge in [-0.05, 0) is 68.6 Å². The summed E-state index contributed by atoms with van der Waals surface area (Å²) in [6, 6.07) is 21.1. The molecule has 4 aromatic carbocycles. The Bertz CT molecular complexity index is 1410. The molecule has 2 aliphatic rings. The van der Waals surface area contributed by atoms with Gasteiger partial charge in [0.15, 0.2) is 0 Å². The zero-order valence-electron chi connectivity index (χ0n) is 17.6. The van der Waals surface area contributed by atoms with E-state index in [0.29, 0.717) is 5.75 Å². The predicted octanol–water partition coefficient (Wildman–Crippen LogP) is 7.81. The van der Waals surface area contributed by atoms with Gasteiger partial charge in [0.1, 0.15) is 5.75 Å². The number of halogens is 1. The molecule has 1 nitrogen and oxygen atoms in total. The van der Waals surface area contributed by atoms with Crippen LogP contribution in [-0.4, -0.2) is 5.11 Å². The number of phenols is 1. The Morgan fingerprint density at radius 3 is 1.93 bits per heavy atom. The van der Waals surface area contributed by atoms with E-state index in [4.69, 9.17) is 11.6 Å². The highest BCUT2D eigenvalue weighted by Crippen LogP contribution is 2.58. The first-order valence-electron chi connectivity index (χ1n) is 10.5. The number of hydrogen-bond acceptors (Lipinski definition) is 1. The third-order valence-electron chi connectivity index (χ3n) is 7.44. The van der Waals surface area contributed by atoms with Crippen LogP contribution < -0.4 is 0 Å². The fraction of sp³-hybridized carbons (Fsp3) is 0.214. The second-order valence-electron chi connectivity index (χ2n) is 9.72. The number of aromatic hydroxyl groups is 1. The lowest BCUT2D eigenvalue weighted by Crippen LogP contribution is -2.16. The van der Waals surface area contributed by atoms with Crippen LogP contribution in [0.1, 0.15) is 49.9 Å². The lowest BCUT2D eigenvalue weighted by molar-refractivity contribution is 0.481. The van der Waals surface area contributed by atoms with Crippen LogP contribution in [0.2, 0.25) is 5.02 Å². The summed E-state index contributed by atoms with van der Waals surface area (Å²) in [6.07, 6.45) is 0. The second-order valence-corrected chi connectivity index (χ2v) is 10.1. The van der Waals surface area contributed by atoms with Gasteiger partial charge in [-0.2, -0.15) is 0 Å². The van der Waals surface area contributed by atoms with Gasteiger partial charge in [-0.3, -0.25) is 0 Å². The molecule has 0 saturated heterocycles. The summed E-state index contributed by atoms with van der Waals surface area (Å²) in [7, 11) is 0. The van der Waals surface area contributed by atoms with Gasteiger partial charge >= 0.3 is 0 Å². The third kappa shape index (κ3) is 1.99. The monoisotopic (exact) mass is 410 g/mol. The molecule has 0 atom stereocenters. The summed E-state index contributed by atoms with van der Waals surface area (Å²) in [5.74, 6) is 0.335. The number of hydrogen-bond donors (Lipinski definition) is 1. The molecule has 2 heteroatoms. The second kappa shape index (κ2) is 5.47. The molecule has 0 heterocycles. The molecule has 0 bridgehead atoms. The van der Waals surface area contributed by atoms with E-state index in [-0.39, 0.29) is 10.8 Å². The van der Waals surface area contributed by atoms with Gasteiger partial charge in [-0.25, -0.2) is 0 Å². The highest BCUT2D eigenvalue weighted by atomic mass is 35.5. The minimum Gasteiger partial charge on any atom is -0.507 e. The zero-order chi connectivity index (χ0) is 21.0. The quantitative estimate of drug-likeness (QED) is 0.313. The zero-order valence-corrected chi connectivity index (χ0v) is 18.4. The largest absolute Gasteiger partial charge is 0.507 e. The average molecular weight is 411 g/mol. The molecule has 1 N–H and O–H groups in total. The summed E-state index contributed by atoms with van der Waals surface area (Å²) in [5.41, 5.74) is 10.0. The molecule has 148 valence electrons. The van der Waals surface area contributed by atoms with Crippen molar-refractivity contribution in [3.05, 3.63) is 87.9 Å². The number of rotatable bonds is 0. The molecule has 0 radical (unpaired) electrons. The Hall–Kier alpha value is -2.77. The summed E-state index contributed by atoms with van der Waals surface area (Å²) < 4.78 is 0. The number of phenolic OH excluding ortho intramolecular Hbond substituents is 1. The highest BCUT2D eigenvalue weighted by Gasteiger charge is 2.42. The van der Waals surface area contributed by atoms with Crippen LogP contribution in [0.3, 0.4) is 0 Å². The van der Waals surface area contributed by atoms with E-state index in [0.717, 1.165) is 15.8 Å². The van der Waals surface area contributed by atoms with E-state index < -0.39 is 0 Å². The molecule has 30 heavy (non-hydrogen) atoms. The van der Waals surface area contributed by atoms with Crippen molar-refractivity contribution in [1.29, 1.82) is 0 Å². The molecule has 6 rings (SSSR count). The Labute approximate surface area is 182 Å². The maximum atomic E-state index is 10.5. The van der Waals surface area contributed by atoms with Gasteiger partial charge in [-0.15, -0.1) is 0 Å². The van der Waals surface area contributed by atoms with Gasteiger partial charge < -0.3 is 5.11 Å². The van der Waals surface area contributed by atoms with Crippen LogP contribution >= 0.6 is 11.6 Å². The summed E-state index contributed by atoms with van der Waals surface area (Å²) >= 11 is 6.70. The Morgan fingerprint density at radius 2 is 1.23 bits per heavy atom. The molecular formula is C28H23ClO. The fourth-order valence-electron chi connectivity index (χ4n) is 5.81. The van der Waals surface area contributed by atoms with Crippen molar-refractivity contribution < 1.29 is 5.11 Å². The first-order chi connectivity index (χ1) is 14.2. The minimum atomic E-state index is -0.118. The standard InChI is InChI=1S/C28H23ClO/c1-27(2)19-8-6-9-23(29)26(19)18-14-21-17(13-22(18)27)25-16-7-5-10-24(30)15(16)11-12-20(25)28(21,3)4/h5-14,30H,1-4H3. The van der Waals surface area contributed by atoms with Crippen molar-refractivity contribution in [3.63, 3.8) is 0 Å². The minimum absolute atomic E-state index is 0.107. The van der Waals surface area contributed by atoms with Gasteiger partial charge in [-0.1, -0.05) is 75.7 Å². The van der Waals surface area contributed by atoms with Crippen molar-refractivity contribution >= 4 is 22.4 Å². The maximum absolute atomic E-state index is 10.5. The average Bonchev–Trinajstić information content (AvgIpc) is 3.08. The molecule has 0 saturated carbocycles. The van der Waals surface area contributed by atoms with E-state index in [1.165, 1.54) is 44.5 Å². The topological polar surface area (TPSA) is 20.2 Å². The molecule has 0 spiro atoms. The van der Waals surface area contributed by atoms with Gasteiger partial charge in [0.25, 0.3) is 0 Å². The maximum Gasteiger partial charge on any atom is 0.123 e. The van der Waals surface area contributed by atoms with Crippen LogP contribution in [0.4, 0.5) is 0 Å². The summed E-state index contributed by atoms with van der Waals surface area (Å²) in [4.78, 5) is 0. The van der Waals surface area contributed by atoms with Crippen LogP contribution in [0, 0.1) is 0 Å². The predicted molar refractivity (Wildman–Crippen MR) is 126 cm³/mol. The first kappa shape index (κ1) is 18.0. The van der Waals surface area contributed by atoms with Crippen LogP contribution in [0.25, 0.3) is 33.0 Å². The lowest BCUT2D eigenvalue weighted by Gasteiger charge is -2.24. The third-order valence-corrected chi connectivity index (χ3v) is 7.76. The van der Waals surface area contributed by atoms with Crippen molar-refractivity contribution in [2.75, 3.05) is 0 Å². The van der Waals surface area contributed by atoms with Crippen LogP contribution in [-0.2, 0) is 10.8 Å². The number of benzene rings is 4. The van der Waals surface area contributed by atoms with Crippen molar-refractivity contribution in [3.8, 4) is 28.0 Å². The molecular weight excluding hydrogens is 388 g/mol. The Morgan fingerprint density at radius 1 is 0.633 bits per heavy atom. The molecule has 2 aliphatic carbocycles. The first-order valence-corrected chi connectivity index (χ1v) is 10.8. The summed E-state index contributed by atoms with van der Waals surface area (Å²) in [5, 5.41) is 13.3. The van der Waals surface area contributed by atoms with E-state index in [1.807, 2.05) is 12.1 Å². The van der Waals surface area contributed by atoms with Crippen LogP contribution in [0.5, 0.6) is 5.75 Å². The van der Waals surface area contributed by atoms with Crippen molar-refractivity contribution in [2.24, 2.45) is 0 Å². The SMILES string of the molecule is CC1(C)c2cc3c(cc2-c2c(Cl)cccc21)C(C)(C)c1ccc2c(O)cccc2c1-3. The van der Waals surface area contributed by atoms with Gasteiger partial charge in [0.2, 0.25) is 0 Å². The van der Waals surface area contributed by atoms with E-state index in [9.17, 15) is 5.11 Å². The van der Waals surface area contributed by atoms with E-state index in [2.05, 4.69) is 70.2 Å². The lowest BCUT2D eigenvalue weighted by atomic mass is 9.79. The fourth-order valence-corrected chi connectivity index (χ4v) is 6.09. The molecule has 0 aromatic heterocycles. The Kier molecular flexibility index (Phi) is 3.29. The molecule has 4 aromatic rings. The van der Waals surface area contributed by atoms with Crippen LogP contribution in [0.15, 0.2) is 60.7 Å². The highest BCUT2D eigenvalue weighted by molar-refractivity contribution is 6.34. The molecule has 0 fully saturated rings. The van der Waals surface area contributed by atoms with E-state index >= 15 is 0 Å². The van der Waals surface area contributed by atoms with Gasteiger partial charge in [0, 0.05) is 26.8 Å². The Balaban J connectivity index is 1.75. The molecule has 0 amide bonds. The smallest absolute Gasteiger partial charge is 0.123 e. The number of fused-ring (bicyclic) bond motifs is 8. The molecule has 0 aliphatic heterocycles. The molecule has 0 unspecified atom stereocenters. The van der Waals surface area contributed by atoms with Crippen molar-refractivity contribution in [1.82, 2.24) is 0 Å². The van der Waals surface area contributed by atoms with Crippen molar-refractivity contribution in [2.45, 2.75) is 38.5 Å². The van der Waals surface area contributed by atoms with E-state index in [1.54, 1.807) is 6.07 Å². The normalized spacial score (nSPS) is 16.8. The van der Waals surface area contributed by atoms with Gasteiger partial charge in [0.05, 0.1) is 0 Å². The summed E-state index contributed by atoms with van der Waals surface area (Å²) in [6.45, 7) is 9.17.